The molecule has 0 bridgehead atoms. The van der Waals surface area contributed by atoms with Crippen LogP contribution in [0.1, 0.15) is 32.6 Å². The van der Waals surface area contributed by atoms with Crippen LogP contribution in [0.2, 0.25) is 0 Å². The minimum absolute atomic E-state index is 0.207. The second-order valence-corrected chi connectivity index (χ2v) is 3.01. The third-order valence-electron chi connectivity index (χ3n) is 2.24. The normalized spacial score (nSPS) is 32.8. The maximum atomic E-state index is 8.26. The summed E-state index contributed by atoms with van der Waals surface area (Å²) in [6.07, 6.45) is 6.77. The maximum Gasteiger partial charge on any atom is 0.286 e. The van der Waals surface area contributed by atoms with Gasteiger partial charge in [0.1, 0.15) is 6.10 Å². The van der Waals surface area contributed by atoms with Gasteiger partial charge in [-0.05, 0) is 25.2 Å². The monoisotopic (exact) mass is 139 g/mol. The first kappa shape index (κ1) is 7.40. The Labute approximate surface area is 61.8 Å². The van der Waals surface area contributed by atoms with Gasteiger partial charge in [0.05, 0.1) is 0 Å². The van der Waals surface area contributed by atoms with E-state index in [1.807, 2.05) is 0 Å². The Kier molecular flexibility index (Phi) is 2.56. The van der Waals surface area contributed by atoms with Gasteiger partial charge in [0.2, 0.25) is 0 Å². The zero-order chi connectivity index (χ0) is 7.40. The van der Waals surface area contributed by atoms with Crippen LogP contribution in [0.4, 0.5) is 0 Å². The van der Waals surface area contributed by atoms with Crippen molar-refractivity contribution in [2.45, 2.75) is 38.7 Å². The molecule has 0 N–H and O–H groups in total. The van der Waals surface area contributed by atoms with Crippen molar-refractivity contribution < 1.29 is 4.74 Å². The van der Waals surface area contributed by atoms with Gasteiger partial charge in [0.15, 0.2) is 0 Å². The van der Waals surface area contributed by atoms with Crippen LogP contribution >= 0.6 is 0 Å². The molecule has 2 atom stereocenters. The lowest BCUT2D eigenvalue weighted by Gasteiger charge is -2.25. The van der Waals surface area contributed by atoms with Gasteiger partial charge in [0, 0.05) is 0 Å². The van der Waals surface area contributed by atoms with Crippen LogP contribution in [-0.4, -0.2) is 6.10 Å². The molecule has 0 radical (unpaired) electrons. The van der Waals surface area contributed by atoms with E-state index in [9.17, 15) is 0 Å². The zero-order valence-electron chi connectivity index (χ0n) is 6.34. The van der Waals surface area contributed by atoms with Gasteiger partial charge < -0.3 is 4.74 Å². The third-order valence-corrected chi connectivity index (χ3v) is 2.24. The molecule has 0 spiro atoms. The molecule has 1 saturated carbocycles. The molecule has 2 heteroatoms. The van der Waals surface area contributed by atoms with Crippen LogP contribution in [0.5, 0.6) is 0 Å². The van der Waals surface area contributed by atoms with Crippen molar-refractivity contribution >= 4 is 0 Å². The molecule has 2 nitrogen and oxygen atoms in total. The van der Waals surface area contributed by atoms with Gasteiger partial charge in [-0.2, -0.15) is 5.26 Å². The molecule has 2 unspecified atom stereocenters. The standard InChI is InChI=1S/C8H13NO/c1-7-4-2-3-5-8(7)10-6-9/h7-8H,2-5H2,1H3. The minimum atomic E-state index is 0.207. The van der Waals surface area contributed by atoms with Crippen molar-refractivity contribution in [3.05, 3.63) is 0 Å². The molecule has 0 aliphatic heterocycles. The molecule has 1 aliphatic carbocycles. The fraction of sp³-hybridized carbons (Fsp3) is 0.875. The summed E-state index contributed by atoms with van der Waals surface area (Å²) in [6.45, 7) is 2.15. The molecule has 0 amide bonds. The topological polar surface area (TPSA) is 33.0 Å². The first-order valence-electron chi connectivity index (χ1n) is 3.89. The molecule has 0 aromatic carbocycles. The highest BCUT2D eigenvalue weighted by Crippen LogP contribution is 2.25. The lowest BCUT2D eigenvalue weighted by molar-refractivity contribution is 0.0728. The van der Waals surface area contributed by atoms with E-state index in [-0.39, 0.29) is 6.10 Å². The van der Waals surface area contributed by atoms with Crippen LogP contribution in [0.25, 0.3) is 0 Å². The Balaban J connectivity index is 2.34. The lowest BCUT2D eigenvalue weighted by atomic mass is 9.88. The van der Waals surface area contributed by atoms with Gasteiger partial charge in [-0.25, -0.2) is 0 Å². The number of nitrogens with zero attached hydrogens (tertiary/aromatic N) is 1. The molecule has 10 heavy (non-hydrogen) atoms. The number of hydrogen-bond donors (Lipinski definition) is 0. The van der Waals surface area contributed by atoms with E-state index in [1.165, 1.54) is 19.3 Å². The number of rotatable bonds is 1. The summed E-state index contributed by atoms with van der Waals surface area (Å²) in [4.78, 5) is 0. The lowest BCUT2D eigenvalue weighted by Crippen LogP contribution is -2.23. The van der Waals surface area contributed by atoms with Gasteiger partial charge >= 0.3 is 0 Å². The molecule has 0 heterocycles. The SMILES string of the molecule is CC1CCCCC1OC#N. The van der Waals surface area contributed by atoms with Gasteiger partial charge in [-0.3, -0.25) is 0 Å². The molecular weight excluding hydrogens is 126 g/mol. The number of nitriles is 1. The molecule has 1 aliphatic rings. The molecule has 1 fully saturated rings. The molecule has 0 saturated heterocycles. The summed E-state index contributed by atoms with van der Waals surface area (Å²) in [5.41, 5.74) is 0. The van der Waals surface area contributed by atoms with Crippen molar-refractivity contribution in [1.29, 1.82) is 5.26 Å². The second-order valence-electron chi connectivity index (χ2n) is 3.01. The smallest absolute Gasteiger partial charge is 0.286 e. The fourth-order valence-electron chi connectivity index (χ4n) is 1.53. The Morgan fingerprint density at radius 2 is 2.10 bits per heavy atom. The second kappa shape index (κ2) is 3.46. The van der Waals surface area contributed by atoms with Gasteiger partial charge in [-0.1, -0.05) is 13.3 Å². The van der Waals surface area contributed by atoms with E-state index < -0.39 is 0 Å². The predicted octanol–water partition coefficient (Wildman–Crippen LogP) is 2.06. The highest BCUT2D eigenvalue weighted by atomic mass is 16.5. The van der Waals surface area contributed by atoms with Crippen LogP contribution < -0.4 is 0 Å². The Morgan fingerprint density at radius 3 is 2.70 bits per heavy atom. The van der Waals surface area contributed by atoms with Crippen LogP contribution in [0.3, 0.4) is 0 Å². The molecule has 0 aromatic rings. The summed E-state index contributed by atoms with van der Waals surface area (Å²) in [5, 5.41) is 8.26. The van der Waals surface area contributed by atoms with Crippen LogP contribution in [-0.2, 0) is 4.74 Å². The Morgan fingerprint density at radius 1 is 1.40 bits per heavy atom. The Hall–Kier alpha value is -0.710. The third kappa shape index (κ3) is 1.63. The molecule has 0 aromatic heterocycles. The predicted molar refractivity (Wildman–Crippen MR) is 38.1 cm³/mol. The van der Waals surface area contributed by atoms with Crippen molar-refractivity contribution in [1.82, 2.24) is 0 Å². The maximum absolute atomic E-state index is 8.26. The molecule has 56 valence electrons. The minimum Gasteiger partial charge on any atom is -0.424 e. The van der Waals surface area contributed by atoms with Crippen molar-refractivity contribution in [3.63, 3.8) is 0 Å². The van der Waals surface area contributed by atoms with E-state index in [0.29, 0.717) is 5.92 Å². The van der Waals surface area contributed by atoms with E-state index in [2.05, 4.69) is 6.92 Å². The quantitative estimate of drug-likeness (QED) is 0.521. The summed E-state index contributed by atoms with van der Waals surface area (Å²) in [5.74, 6) is 0.577. The van der Waals surface area contributed by atoms with Crippen LogP contribution in [0.15, 0.2) is 0 Å². The highest BCUT2D eigenvalue weighted by molar-refractivity contribution is 4.74. The average Bonchev–Trinajstić information content (AvgIpc) is 1.94. The number of hydrogen-bond acceptors (Lipinski definition) is 2. The summed E-state index contributed by atoms with van der Waals surface area (Å²) in [6, 6.07) is 0. The van der Waals surface area contributed by atoms with Crippen LogP contribution in [0, 0.1) is 17.4 Å². The van der Waals surface area contributed by atoms with Crippen molar-refractivity contribution in [3.8, 4) is 6.26 Å². The average molecular weight is 139 g/mol. The van der Waals surface area contributed by atoms with Crippen molar-refractivity contribution in [2.75, 3.05) is 0 Å². The largest absolute Gasteiger partial charge is 0.424 e. The van der Waals surface area contributed by atoms with Crippen molar-refractivity contribution in [2.24, 2.45) is 5.92 Å². The number of ether oxygens (including phenoxy) is 1. The Bertz CT molecular complexity index is 139. The van der Waals surface area contributed by atoms with E-state index >= 15 is 0 Å². The zero-order valence-corrected chi connectivity index (χ0v) is 6.34. The molecule has 1 rings (SSSR count). The first-order valence-corrected chi connectivity index (χ1v) is 3.89. The summed E-state index contributed by atoms with van der Waals surface area (Å²) < 4.78 is 4.90. The van der Waals surface area contributed by atoms with E-state index in [1.54, 1.807) is 6.26 Å². The van der Waals surface area contributed by atoms with E-state index in [0.717, 1.165) is 6.42 Å². The highest BCUT2D eigenvalue weighted by Gasteiger charge is 2.22. The fourth-order valence-corrected chi connectivity index (χ4v) is 1.53. The first-order chi connectivity index (χ1) is 4.84. The summed E-state index contributed by atoms with van der Waals surface area (Å²) in [7, 11) is 0. The van der Waals surface area contributed by atoms with Gasteiger partial charge in [-0.15, -0.1) is 0 Å². The van der Waals surface area contributed by atoms with Gasteiger partial charge in [0.25, 0.3) is 6.26 Å². The summed E-state index contributed by atoms with van der Waals surface area (Å²) >= 11 is 0. The van der Waals surface area contributed by atoms with E-state index in [4.69, 9.17) is 10.00 Å². The molecular formula is C8H13NO.